The summed E-state index contributed by atoms with van der Waals surface area (Å²) in [5, 5.41) is 9.81. The highest BCUT2D eigenvalue weighted by atomic mass is 16.7. The SMILES string of the molecule is CC1(C)OB(c2ccc3cc4c(cc3c2)c2cccc3oc5cccc4c5c32)OC1(C)C. The van der Waals surface area contributed by atoms with Gasteiger partial charge in [-0.05, 0) is 89.7 Å². The van der Waals surface area contributed by atoms with E-state index in [2.05, 4.69) is 94.4 Å². The van der Waals surface area contributed by atoms with Crippen LogP contribution in [0.5, 0.6) is 0 Å². The molecule has 0 bridgehead atoms. The van der Waals surface area contributed by atoms with Crippen molar-refractivity contribution in [2.45, 2.75) is 38.9 Å². The summed E-state index contributed by atoms with van der Waals surface area (Å²) < 4.78 is 18.8. The Hall–Kier alpha value is -3.08. The van der Waals surface area contributed by atoms with Crippen LogP contribution in [0, 0.1) is 0 Å². The normalized spacial score (nSPS) is 18.2. The van der Waals surface area contributed by atoms with E-state index in [1.54, 1.807) is 0 Å². The monoisotopic (exact) mass is 418 g/mol. The van der Waals surface area contributed by atoms with Crippen LogP contribution in [0.2, 0.25) is 0 Å². The molecule has 6 aromatic rings. The number of hydrogen-bond acceptors (Lipinski definition) is 3. The van der Waals surface area contributed by atoms with Crippen LogP contribution >= 0.6 is 0 Å². The first kappa shape index (κ1) is 18.5. The van der Waals surface area contributed by atoms with Gasteiger partial charge < -0.3 is 13.7 Å². The first-order valence-electron chi connectivity index (χ1n) is 11.2. The van der Waals surface area contributed by atoms with Gasteiger partial charge >= 0.3 is 7.12 Å². The van der Waals surface area contributed by atoms with E-state index >= 15 is 0 Å². The van der Waals surface area contributed by atoms with E-state index in [4.69, 9.17) is 13.7 Å². The van der Waals surface area contributed by atoms with Gasteiger partial charge in [-0.1, -0.05) is 42.5 Å². The van der Waals surface area contributed by atoms with Crippen LogP contribution < -0.4 is 5.46 Å². The molecular formula is C28H23BO3. The summed E-state index contributed by atoms with van der Waals surface area (Å²) in [5.74, 6) is 0. The molecule has 1 fully saturated rings. The molecule has 4 heteroatoms. The van der Waals surface area contributed by atoms with Gasteiger partial charge in [-0.2, -0.15) is 0 Å². The van der Waals surface area contributed by atoms with Crippen molar-refractivity contribution >= 4 is 66.8 Å². The number of fused-ring (bicyclic) bond motifs is 4. The van der Waals surface area contributed by atoms with Crippen molar-refractivity contribution in [3.05, 3.63) is 66.7 Å². The maximum Gasteiger partial charge on any atom is 0.494 e. The van der Waals surface area contributed by atoms with Gasteiger partial charge in [0, 0.05) is 10.8 Å². The fourth-order valence-electron chi connectivity index (χ4n) is 5.20. The van der Waals surface area contributed by atoms with E-state index in [9.17, 15) is 0 Å². The van der Waals surface area contributed by atoms with Gasteiger partial charge in [-0.3, -0.25) is 0 Å². The number of hydrogen-bond donors (Lipinski definition) is 0. The second-order valence-electron chi connectivity index (χ2n) is 10.1. The number of benzene rings is 5. The zero-order valence-electron chi connectivity index (χ0n) is 18.7. The third-order valence-corrected chi connectivity index (χ3v) is 7.63. The van der Waals surface area contributed by atoms with Gasteiger partial charge in [0.2, 0.25) is 0 Å². The highest BCUT2D eigenvalue weighted by molar-refractivity contribution is 6.62. The fourth-order valence-corrected chi connectivity index (χ4v) is 5.20. The predicted octanol–water partition coefficient (Wildman–Crippen LogP) is 6.78. The Labute approximate surface area is 186 Å². The largest absolute Gasteiger partial charge is 0.494 e. The van der Waals surface area contributed by atoms with Gasteiger partial charge in [-0.15, -0.1) is 0 Å². The molecule has 0 spiro atoms. The summed E-state index contributed by atoms with van der Waals surface area (Å²) in [5.41, 5.74) is 2.24. The van der Waals surface area contributed by atoms with Gasteiger partial charge in [0.05, 0.1) is 11.2 Å². The molecule has 0 atom stereocenters. The lowest BCUT2D eigenvalue weighted by Gasteiger charge is -2.32. The molecule has 0 saturated carbocycles. The molecule has 32 heavy (non-hydrogen) atoms. The Kier molecular flexibility index (Phi) is 3.37. The highest BCUT2D eigenvalue weighted by Gasteiger charge is 2.51. The van der Waals surface area contributed by atoms with Crippen LogP contribution in [-0.2, 0) is 9.31 Å². The quantitative estimate of drug-likeness (QED) is 0.168. The van der Waals surface area contributed by atoms with Crippen LogP contribution in [0.4, 0.5) is 0 Å². The molecule has 0 unspecified atom stereocenters. The molecule has 2 heterocycles. The fraction of sp³-hybridized carbons (Fsp3) is 0.214. The molecular weight excluding hydrogens is 395 g/mol. The first-order chi connectivity index (χ1) is 15.3. The Bertz CT molecular complexity index is 1680. The molecule has 7 rings (SSSR count). The Morgan fingerprint density at radius 3 is 1.75 bits per heavy atom. The standard InChI is InChI=1S/C28H23BO3/c1-27(2)28(3,4)32-29(31-27)18-12-11-16-14-21-19-7-5-9-23-25(19)26-20(8-6-10-24(26)30-23)22(21)15-17(16)13-18/h5-15H,1-4H3. The molecule has 1 aliphatic rings. The minimum absolute atomic E-state index is 0.353. The third-order valence-electron chi connectivity index (χ3n) is 7.63. The van der Waals surface area contributed by atoms with Crippen molar-refractivity contribution in [2.24, 2.45) is 0 Å². The van der Waals surface area contributed by atoms with Crippen molar-refractivity contribution in [2.75, 3.05) is 0 Å². The number of furan rings is 1. The maximum absolute atomic E-state index is 6.30. The lowest BCUT2D eigenvalue weighted by atomic mass is 9.78. The summed E-state index contributed by atoms with van der Waals surface area (Å²) in [6, 6.07) is 23.8. The Balaban J connectivity index is 1.51. The molecule has 0 radical (unpaired) electrons. The van der Waals surface area contributed by atoms with Crippen molar-refractivity contribution in [3.8, 4) is 0 Å². The zero-order valence-corrected chi connectivity index (χ0v) is 18.7. The van der Waals surface area contributed by atoms with E-state index in [1.807, 2.05) is 0 Å². The van der Waals surface area contributed by atoms with E-state index in [1.165, 1.54) is 43.1 Å². The van der Waals surface area contributed by atoms with Crippen molar-refractivity contribution in [1.29, 1.82) is 0 Å². The van der Waals surface area contributed by atoms with Crippen LogP contribution in [-0.4, -0.2) is 18.3 Å². The van der Waals surface area contributed by atoms with Crippen molar-refractivity contribution in [3.63, 3.8) is 0 Å². The van der Waals surface area contributed by atoms with Gasteiger partial charge in [0.25, 0.3) is 0 Å². The van der Waals surface area contributed by atoms with Gasteiger partial charge in [0.15, 0.2) is 0 Å². The predicted molar refractivity (Wildman–Crippen MR) is 133 cm³/mol. The zero-order chi connectivity index (χ0) is 21.8. The molecule has 1 aliphatic heterocycles. The average molecular weight is 418 g/mol. The molecule has 0 N–H and O–H groups in total. The second kappa shape index (κ2) is 5.83. The van der Waals surface area contributed by atoms with Crippen LogP contribution in [0.3, 0.4) is 0 Å². The maximum atomic E-state index is 6.30. The lowest BCUT2D eigenvalue weighted by Crippen LogP contribution is -2.41. The molecule has 3 nitrogen and oxygen atoms in total. The molecule has 5 aromatic carbocycles. The topological polar surface area (TPSA) is 31.6 Å². The Morgan fingerprint density at radius 2 is 1.16 bits per heavy atom. The second-order valence-corrected chi connectivity index (χ2v) is 10.1. The van der Waals surface area contributed by atoms with Crippen LogP contribution in [0.25, 0.3) is 54.3 Å². The van der Waals surface area contributed by atoms with Crippen molar-refractivity contribution < 1.29 is 13.7 Å². The highest BCUT2D eigenvalue weighted by Crippen LogP contribution is 2.43. The summed E-state index contributed by atoms with van der Waals surface area (Å²) in [6.07, 6.45) is 0. The molecule has 1 saturated heterocycles. The molecule has 0 aliphatic carbocycles. The summed E-state index contributed by atoms with van der Waals surface area (Å²) >= 11 is 0. The van der Waals surface area contributed by atoms with Gasteiger partial charge in [-0.25, -0.2) is 0 Å². The lowest BCUT2D eigenvalue weighted by molar-refractivity contribution is 0.00578. The smallest absolute Gasteiger partial charge is 0.456 e. The summed E-state index contributed by atoms with van der Waals surface area (Å²) in [4.78, 5) is 0. The Morgan fingerprint density at radius 1 is 0.594 bits per heavy atom. The van der Waals surface area contributed by atoms with E-state index < -0.39 is 0 Å². The van der Waals surface area contributed by atoms with Gasteiger partial charge in [0.1, 0.15) is 11.2 Å². The van der Waals surface area contributed by atoms with E-state index in [0.29, 0.717) is 0 Å². The number of rotatable bonds is 1. The molecule has 0 amide bonds. The van der Waals surface area contributed by atoms with Crippen LogP contribution in [0.1, 0.15) is 27.7 Å². The summed E-state index contributed by atoms with van der Waals surface area (Å²) in [7, 11) is -0.363. The molecule has 1 aromatic heterocycles. The first-order valence-corrected chi connectivity index (χ1v) is 11.2. The van der Waals surface area contributed by atoms with E-state index in [-0.39, 0.29) is 18.3 Å². The van der Waals surface area contributed by atoms with Crippen LogP contribution in [0.15, 0.2) is 71.1 Å². The average Bonchev–Trinajstić information content (AvgIpc) is 3.25. The minimum Gasteiger partial charge on any atom is -0.456 e. The minimum atomic E-state index is -0.363. The van der Waals surface area contributed by atoms with Crippen molar-refractivity contribution in [1.82, 2.24) is 0 Å². The third kappa shape index (κ3) is 2.29. The van der Waals surface area contributed by atoms with E-state index in [0.717, 1.165) is 16.6 Å². The summed E-state index contributed by atoms with van der Waals surface area (Å²) in [6.45, 7) is 8.37. The molecule has 156 valence electrons.